The van der Waals surface area contributed by atoms with Gasteiger partial charge in [0.1, 0.15) is 0 Å². The number of hydrogen-bond acceptors (Lipinski definition) is 2. The monoisotopic (exact) mass is 299 g/mol. The maximum atomic E-state index is 3.46. The van der Waals surface area contributed by atoms with E-state index in [1.165, 1.54) is 22.3 Å². The molecule has 2 unspecified atom stereocenters. The van der Waals surface area contributed by atoms with Crippen LogP contribution in [0.3, 0.4) is 0 Å². The zero-order valence-corrected chi connectivity index (χ0v) is 14.2. The summed E-state index contributed by atoms with van der Waals surface area (Å²) >= 11 is 2.01. The molecule has 0 saturated heterocycles. The Kier molecular flexibility index (Phi) is 5.89. The fourth-order valence-corrected chi connectivity index (χ4v) is 3.92. The quantitative estimate of drug-likeness (QED) is 0.815. The average molecular weight is 299 g/mol. The van der Waals surface area contributed by atoms with E-state index in [2.05, 4.69) is 74.6 Å². The summed E-state index contributed by atoms with van der Waals surface area (Å²) in [4.78, 5) is 0. The van der Waals surface area contributed by atoms with Crippen LogP contribution in [0.2, 0.25) is 0 Å². The lowest BCUT2D eigenvalue weighted by atomic mass is 10.0. The zero-order valence-electron chi connectivity index (χ0n) is 13.4. The molecule has 112 valence electrons. The predicted octanol–water partition coefficient (Wildman–Crippen LogP) is 4.89. The molecular weight excluding hydrogens is 274 g/mol. The van der Waals surface area contributed by atoms with Gasteiger partial charge in [-0.2, -0.15) is 11.8 Å². The Bertz CT molecular complexity index is 545. The highest BCUT2D eigenvalue weighted by Crippen LogP contribution is 2.29. The van der Waals surface area contributed by atoms with Crippen LogP contribution < -0.4 is 5.32 Å². The molecule has 2 atom stereocenters. The summed E-state index contributed by atoms with van der Waals surface area (Å²) < 4.78 is 0. The normalized spacial score (nSPS) is 13.9. The Morgan fingerprint density at radius 2 is 1.62 bits per heavy atom. The van der Waals surface area contributed by atoms with Crippen molar-refractivity contribution in [2.75, 3.05) is 7.05 Å². The van der Waals surface area contributed by atoms with E-state index in [0.29, 0.717) is 11.3 Å². The van der Waals surface area contributed by atoms with Crippen molar-refractivity contribution in [2.45, 2.75) is 37.8 Å². The molecular formula is C19H25NS. The van der Waals surface area contributed by atoms with E-state index in [0.717, 1.165) is 5.75 Å². The molecule has 0 amide bonds. The number of rotatable bonds is 6. The van der Waals surface area contributed by atoms with Crippen LogP contribution in [0.5, 0.6) is 0 Å². The van der Waals surface area contributed by atoms with Crippen LogP contribution >= 0.6 is 11.8 Å². The highest BCUT2D eigenvalue weighted by Gasteiger charge is 2.17. The van der Waals surface area contributed by atoms with Crippen molar-refractivity contribution in [1.82, 2.24) is 5.32 Å². The Balaban J connectivity index is 2.01. The van der Waals surface area contributed by atoms with Crippen LogP contribution in [-0.4, -0.2) is 12.3 Å². The Labute approximate surface area is 133 Å². The SMILES string of the molecule is CNC(c1ccccc1)C(C)SCc1cc(C)cc(C)c1. The molecule has 2 heteroatoms. The van der Waals surface area contributed by atoms with E-state index in [9.17, 15) is 0 Å². The maximum absolute atomic E-state index is 3.46. The van der Waals surface area contributed by atoms with Crippen molar-refractivity contribution in [3.05, 3.63) is 70.8 Å². The Morgan fingerprint density at radius 1 is 1.00 bits per heavy atom. The van der Waals surface area contributed by atoms with Crippen molar-refractivity contribution < 1.29 is 0 Å². The highest BCUT2D eigenvalue weighted by molar-refractivity contribution is 7.99. The predicted molar refractivity (Wildman–Crippen MR) is 94.9 cm³/mol. The van der Waals surface area contributed by atoms with Gasteiger partial charge in [0.05, 0.1) is 0 Å². The van der Waals surface area contributed by atoms with Gasteiger partial charge in [-0.05, 0) is 32.0 Å². The first-order chi connectivity index (χ1) is 10.1. The largest absolute Gasteiger partial charge is 0.312 e. The molecule has 0 aromatic heterocycles. The molecule has 0 heterocycles. The van der Waals surface area contributed by atoms with Crippen molar-refractivity contribution in [2.24, 2.45) is 0 Å². The lowest BCUT2D eigenvalue weighted by Crippen LogP contribution is -2.25. The third kappa shape index (κ3) is 4.62. The van der Waals surface area contributed by atoms with E-state index in [1.54, 1.807) is 0 Å². The van der Waals surface area contributed by atoms with Crippen LogP contribution in [0.4, 0.5) is 0 Å². The van der Waals surface area contributed by atoms with E-state index in [4.69, 9.17) is 0 Å². The molecule has 0 aliphatic carbocycles. The van der Waals surface area contributed by atoms with E-state index >= 15 is 0 Å². The van der Waals surface area contributed by atoms with Gasteiger partial charge in [-0.1, -0.05) is 66.6 Å². The first-order valence-electron chi connectivity index (χ1n) is 7.51. The van der Waals surface area contributed by atoms with Gasteiger partial charge in [0.25, 0.3) is 0 Å². The fourth-order valence-electron chi connectivity index (χ4n) is 2.81. The van der Waals surface area contributed by atoms with Crippen LogP contribution in [-0.2, 0) is 5.75 Å². The summed E-state index contributed by atoms with van der Waals surface area (Å²) in [6, 6.07) is 17.9. The third-order valence-electron chi connectivity index (χ3n) is 3.73. The van der Waals surface area contributed by atoms with Crippen LogP contribution in [0.15, 0.2) is 48.5 Å². The molecule has 0 spiro atoms. The van der Waals surface area contributed by atoms with Gasteiger partial charge in [0, 0.05) is 17.0 Å². The van der Waals surface area contributed by atoms with Crippen LogP contribution in [0, 0.1) is 13.8 Å². The van der Waals surface area contributed by atoms with Gasteiger partial charge < -0.3 is 5.32 Å². The zero-order chi connectivity index (χ0) is 15.2. The second kappa shape index (κ2) is 7.67. The number of aryl methyl sites for hydroxylation is 2. The van der Waals surface area contributed by atoms with Crippen molar-refractivity contribution in [3.8, 4) is 0 Å². The molecule has 2 aromatic rings. The van der Waals surface area contributed by atoms with Gasteiger partial charge in [0.2, 0.25) is 0 Å². The molecule has 21 heavy (non-hydrogen) atoms. The Hall–Kier alpha value is -1.25. The minimum absolute atomic E-state index is 0.391. The van der Waals surface area contributed by atoms with Gasteiger partial charge in [0.15, 0.2) is 0 Å². The van der Waals surface area contributed by atoms with Crippen molar-refractivity contribution in [3.63, 3.8) is 0 Å². The molecule has 0 saturated carbocycles. The molecule has 1 N–H and O–H groups in total. The molecule has 0 radical (unpaired) electrons. The molecule has 0 aliphatic rings. The smallest absolute Gasteiger partial charge is 0.0435 e. The van der Waals surface area contributed by atoms with Gasteiger partial charge in [-0.25, -0.2) is 0 Å². The summed E-state index contributed by atoms with van der Waals surface area (Å²) in [6.45, 7) is 6.65. The van der Waals surface area contributed by atoms with Crippen molar-refractivity contribution in [1.29, 1.82) is 0 Å². The number of nitrogens with one attached hydrogen (secondary N) is 1. The first kappa shape index (κ1) is 16.1. The summed E-state index contributed by atoms with van der Waals surface area (Å²) in [5, 5.41) is 3.98. The number of thioether (sulfide) groups is 1. The molecule has 0 aliphatic heterocycles. The fraction of sp³-hybridized carbons (Fsp3) is 0.368. The molecule has 1 nitrogen and oxygen atoms in total. The molecule has 2 aromatic carbocycles. The number of hydrogen-bond donors (Lipinski definition) is 1. The maximum Gasteiger partial charge on any atom is 0.0435 e. The summed E-state index contributed by atoms with van der Waals surface area (Å²) in [6.07, 6.45) is 0. The Morgan fingerprint density at radius 3 is 2.19 bits per heavy atom. The second-order valence-corrected chi connectivity index (χ2v) is 7.05. The lowest BCUT2D eigenvalue weighted by molar-refractivity contribution is 0.589. The minimum atomic E-state index is 0.391. The van der Waals surface area contributed by atoms with Gasteiger partial charge >= 0.3 is 0 Å². The summed E-state index contributed by atoms with van der Waals surface area (Å²) in [5.41, 5.74) is 5.49. The third-order valence-corrected chi connectivity index (χ3v) is 5.03. The lowest BCUT2D eigenvalue weighted by Gasteiger charge is -2.24. The second-order valence-electron chi connectivity index (χ2n) is 5.69. The van der Waals surface area contributed by atoms with Gasteiger partial charge in [-0.15, -0.1) is 0 Å². The van der Waals surface area contributed by atoms with Crippen molar-refractivity contribution >= 4 is 11.8 Å². The molecule has 0 bridgehead atoms. The van der Waals surface area contributed by atoms with E-state index < -0.39 is 0 Å². The molecule has 0 fully saturated rings. The molecule has 2 rings (SSSR count). The van der Waals surface area contributed by atoms with E-state index in [-0.39, 0.29) is 0 Å². The average Bonchev–Trinajstić information content (AvgIpc) is 2.46. The number of benzene rings is 2. The van der Waals surface area contributed by atoms with Crippen LogP contribution in [0.1, 0.15) is 35.2 Å². The van der Waals surface area contributed by atoms with Gasteiger partial charge in [-0.3, -0.25) is 0 Å². The minimum Gasteiger partial charge on any atom is -0.312 e. The summed E-state index contributed by atoms with van der Waals surface area (Å²) in [5.74, 6) is 1.06. The topological polar surface area (TPSA) is 12.0 Å². The van der Waals surface area contributed by atoms with E-state index in [1.807, 2.05) is 18.8 Å². The first-order valence-corrected chi connectivity index (χ1v) is 8.56. The summed E-state index contributed by atoms with van der Waals surface area (Å²) in [7, 11) is 2.05. The van der Waals surface area contributed by atoms with Crippen LogP contribution in [0.25, 0.3) is 0 Å². The standard InChI is InChI=1S/C19H25NS/c1-14-10-15(2)12-17(11-14)13-21-16(3)19(20-4)18-8-6-5-7-9-18/h5-12,16,19-20H,13H2,1-4H3. The highest BCUT2D eigenvalue weighted by atomic mass is 32.2.